The van der Waals surface area contributed by atoms with Gasteiger partial charge in [0.1, 0.15) is 5.52 Å². The molecule has 2 heterocycles. The molecule has 0 fully saturated rings. The van der Waals surface area contributed by atoms with E-state index in [-0.39, 0.29) is 0 Å². The Bertz CT molecular complexity index is 691. The summed E-state index contributed by atoms with van der Waals surface area (Å²) in [6.07, 6.45) is 2.94. The Balaban J connectivity index is 2.31. The van der Waals surface area contributed by atoms with E-state index in [2.05, 4.69) is 10.3 Å². The van der Waals surface area contributed by atoms with Crippen LogP contribution in [0.1, 0.15) is 0 Å². The number of pyridine rings is 1. The predicted octanol–water partition coefficient (Wildman–Crippen LogP) is 0.527. The molecule has 3 N–H and O–H groups in total. The third kappa shape index (κ3) is 1.46. The summed E-state index contributed by atoms with van der Waals surface area (Å²) in [7, 11) is 0. The van der Waals surface area contributed by atoms with Crippen LogP contribution in [0.5, 0.6) is 0 Å². The van der Waals surface area contributed by atoms with E-state index in [9.17, 15) is 5.21 Å². The molecule has 84 valence electrons. The maximum Gasteiger partial charge on any atom is 0.250 e. The van der Waals surface area contributed by atoms with Crippen LogP contribution in [0.3, 0.4) is 0 Å². The van der Waals surface area contributed by atoms with Crippen LogP contribution in [0.25, 0.3) is 16.7 Å². The molecule has 0 aliphatic heterocycles. The number of benzene rings is 1. The molecule has 0 unspecified atom stereocenters. The van der Waals surface area contributed by atoms with Crippen LogP contribution < -0.4 is 10.5 Å². The van der Waals surface area contributed by atoms with Crippen LogP contribution in [0, 0.1) is 0 Å². The van der Waals surface area contributed by atoms with Crippen molar-refractivity contribution in [2.75, 3.05) is 5.73 Å². The van der Waals surface area contributed by atoms with Gasteiger partial charge >= 0.3 is 0 Å². The van der Waals surface area contributed by atoms with E-state index in [4.69, 9.17) is 5.73 Å². The smallest absolute Gasteiger partial charge is 0.250 e. The number of para-hydroxylation sites is 1. The van der Waals surface area contributed by atoms with Crippen molar-refractivity contribution < 1.29 is 9.94 Å². The molecule has 17 heavy (non-hydrogen) atoms. The van der Waals surface area contributed by atoms with Gasteiger partial charge in [-0.3, -0.25) is 5.21 Å². The number of nitrogen functional groups attached to an aromatic ring is 1. The van der Waals surface area contributed by atoms with Gasteiger partial charge in [-0.15, -0.1) is 5.10 Å². The monoisotopic (exact) mass is 228 g/mol. The average molecular weight is 228 g/mol. The van der Waals surface area contributed by atoms with E-state index in [0.717, 1.165) is 15.8 Å². The lowest BCUT2D eigenvalue weighted by atomic mass is 10.3. The first kappa shape index (κ1) is 9.59. The zero-order valence-electron chi connectivity index (χ0n) is 8.85. The molecule has 0 saturated heterocycles. The van der Waals surface area contributed by atoms with Gasteiger partial charge in [-0.05, 0) is 12.1 Å². The van der Waals surface area contributed by atoms with Crippen LogP contribution in [-0.2, 0) is 0 Å². The van der Waals surface area contributed by atoms with Crippen molar-refractivity contribution >= 4 is 16.7 Å². The van der Waals surface area contributed by atoms with Gasteiger partial charge in [-0.25, -0.2) is 4.68 Å². The Labute approximate surface area is 96.5 Å². The lowest BCUT2D eigenvalue weighted by Crippen LogP contribution is -2.29. The molecular formula is C11H10N5O+. The van der Waals surface area contributed by atoms with Crippen LogP contribution in [0.4, 0.5) is 5.69 Å². The first-order valence-electron chi connectivity index (χ1n) is 5.06. The quantitative estimate of drug-likeness (QED) is 0.470. The van der Waals surface area contributed by atoms with Crippen molar-refractivity contribution in [1.29, 1.82) is 0 Å². The number of anilines is 1. The molecule has 0 radical (unpaired) electrons. The highest BCUT2D eigenvalue weighted by atomic mass is 16.5. The Hall–Kier alpha value is -2.63. The van der Waals surface area contributed by atoms with Crippen LogP contribution in [0.15, 0.2) is 42.7 Å². The summed E-state index contributed by atoms with van der Waals surface area (Å²) < 4.78 is 2.53. The fourth-order valence-corrected chi connectivity index (χ4v) is 1.71. The molecule has 0 saturated carbocycles. The lowest BCUT2D eigenvalue weighted by Gasteiger charge is -2.02. The van der Waals surface area contributed by atoms with E-state index in [1.807, 2.05) is 24.3 Å². The fourth-order valence-electron chi connectivity index (χ4n) is 1.71. The highest BCUT2D eigenvalue weighted by Gasteiger charge is 2.13. The molecule has 0 aliphatic rings. The standard InChI is InChI=1S/C11H9N5O/c12-8-5-6-15(17)7-11(8)16-10-4-2-1-3-9(10)13-14-16/h1-7,12,17H/p+1. The first-order chi connectivity index (χ1) is 8.25. The van der Waals surface area contributed by atoms with Crippen molar-refractivity contribution in [3.05, 3.63) is 42.7 Å². The second kappa shape index (κ2) is 3.44. The van der Waals surface area contributed by atoms with E-state index >= 15 is 0 Å². The van der Waals surface area contributed by atoms with E-state index in [0.29, 0.717) is 11.4 Å². The average Bonchev–Trinajstić information content (AvgIpc) is 2.76. The molecule has 0 atom stereocenters. The van der Waals surface area contributed by atoms with Gasteiger partial charge in [-0.1, -0.05) is 17.3 Å². The minimum Gasteiger partial charge on any atom is -0.397 e. The highest BCUT2D eigenvalue weighted by Crippen LogP contribution is 2.18. The van der Waals surface area contributed by atoms with E-state index < -0.39 is 0 Å². The molecule has 0 bridgehead atoms. The summed E-state index contributed by atoms with van der Waals surface area (Å²) in [4.78, 5) is 0. The molecule has 0 spiro atoms. The van der Waals surface area contributed by atoms with Crippen molar-refractivity contribution in [2.24, 2.45) is 0 Å². The zero-order valence-corrected chi connectivity index (χ0v) is 8.85. The lowest BCUT2D eigenvalue weighted by molar-refractivity contribution is -0.904. The molecule has 0 aliphatic carbocycles. The number of rotatable bonds is 1. The summed E-state index contributed by atoms with van der Waals surface area (Å²) in [5.74, 6) is 0. The topological polar surface area (TPSA) is 80.8 Å². The Kier molecular flexibility index (Phi) is 1.94. The van der Waals surface area contributed by atoms with Gasteiger partial charge in [0.05, 0.1) is 11.2 Å². The Morgan fingerprint density at radius 2 is 2.06 bits per heavy atom. The molecule has 6 nitrogen and oxygen atoms in total. The molecule has 1 aromatic carbocycles. The molecule has 6 heteroatoms. The van der Waals surface area contributed by atoms with Crippen molar-refractivity contribution in [2.45, 2.75) is 0 Å². The third-order valence-corrected chi connectivity index (χ3v) is 2.54. The van der Waals surface area contributed by atoms with Gasteiger partial charge in [0.25, 0.3) is 0 Å². The minimum absolute atomic E-state index is 0.519. The number of fused-ring (bicyclic) bond motifs is 1. The summed E-state index contributed by atoms with van der Waals surface area (Å²) in [6, 6.07) is 9.15. The number of hydrogen-bond donors (Lipinski definition) is 2. The fraction of sp³-hybridized carbons (Fsp3) is 0. The summed E-state index contributed by atoms with van der Waals surface area (Å²) >= 11 is 0. The zero-order chi connectivity index (χ0) is 11.8. The molecule has 2 aromatic heterocycles. The number of nitrogens with zero attached hydrogens (tertiary/aromatic N) is 4. The SMILES string of the molecule is Nc1cc[n+](O)cc1-n1nnc2ccccc21. The molecule has 3 aromatic rings. The summed E-state index contributed by atoms with van der Waals surface area (Å²) in [5, 5.41) is 17.5. The van der Waals surface area contributed by atoms with E-state index in [1.54, 1.807) is 10.7 Å². The van der Waals surface area contributed by atoms with Gasteiger partial charge in [-0.2, -0.15) is 0 Å². The number of aromatic nitrogens is 4. The number of hydrogen-bond acceptors (Lipinski definition) is 4. The summed E-state index contributed by atoms with van der Waals surface area (Å²) in [5.41, 5.74) is 8.58. The highest BCUT2D eigenvalue weighted by molar-refractivity contribution is 5.77. The summed E-state index contributed by atoms with van der Waals surface area (Å²) in [6.45, 7) is 0. The van der Waals surface area contributed by atoms with Crippen molar-refractivity contribution in [1.82, 2.24) is 15.0 Å². The van der Waals surface area contributed by atoms with Gasteiger partial charge < -0.3 is 5.73 Å². The van der Waals surface area contributed by atoms with Gasteiger partial charge in [0.15, 0.2) is 5.69 Å². The Morgan fingerprint density at radius 3 is 2.94 bits per heavy atom. The minimum atomic E-state index is 0.519. The van der Waals surface area contributed by atoms with Gasteiger partial charge in [0.2, 0.25) is 12.4 Å². The predicted molar refractivity (Wildman–Crippen MR) is 60.7 cm³/mol. The van der Waals surface area contributed by atoms with Gasteiger partial charge in [0, 0.05) is 10.8 Å². The second-order valence-corrected chi connectivity index (χ2v) is 3.66. The van der Waals surface area contributed by atoms with E-state index in [1.165, 1.54) is 12.4 Å². The third-order valence-electron chi connectivity index (χ3n) is 2.54. The normalized spacial score (nSPS) is 10.8. The van der Waals surface area contributed by atoms with Crippen LogP contribution in [0.2, 0.25) is 0 Å². The molecule has 0 amide bonds. The maximum atomic E-state index is 9.41. The second-order valence-electron chi connectivity index (χ2n) is 3.66. The van der Waals surface area contributed by atoms with Crippen LogP contribution in [-0.4, -0.2) is 20.2 Å². The largest absolute Gasteiger partial charge is 0.397 e. The van der Waals surface area contributed by atoms with Crippen molar-refractivity contribution in [3.63, 3.8) is 0 Å². The Morgan fingerprint density at radius 1 is 1.24 bits per heavy atom. The van der Waals surface area contributed by atoms with Crippen molar-refractivity contribution in [3.8, 4) is 5.69 Å². The van der Waals surface area contributed by atoms with Crippen LogP contribution >= 0.6 is 0 Å². The molecular weight excluding hydrogens is 218 g/mol. The maximum absolute atomic E-state index is 9.41. The first-order valence-corrected chi connectivity index (χ1v) is 5.06. The number of nitrogens with two attached hydrogens (primary N) is 1. The molecule has 3 rings (SSSR count).